The number of aliphatic hydroxyl groups excluding tert-OH is 1. The van der Waals surface area contributed by atoms with Gasteiger partial charge in [0.1, 0.15) is 30.1 Å². The Labute approximate surface area is 459 Å². The number of fused-ring (bicyclic) bond motifs is 3. The fourth-order valence-electron chi connectivity index (χ4n) is 11.8. The standard InChI is InChI=1S/C60H96N2O15/c1-39-17-12-11-13-18-40(2)51(75-32-31-70-8)37-47-22-20-45(7)60(69,77-47)57(66)58(67)62-25-15-14-19-48(62)59(68)76-52(38-49(63)41(3)34-44(6)55(65)56(72-10)54(64)43(5)33-39)42(4)35-46-21-23-50(53(36-46)71-9)74-28-16-24-61-26-29-73-30-27-61/h11-13,17-18,34,39,41-43,45-48,50-53,55-56,65,69H,14-16,19-33,35-38H2,1-10H3/t39-,41-,42-,43-,45-,46+,47+,48+,50-,51+,52+,53-,55-,56+,60-/m1/s1. The zero-order chi connectivity index (χ0) is 56.2. The van der Waals surface area contributed by atoms with Gasteiger partial charge in [-0.3, -0.25) is 24.1 Å². The Kier molecular flexibility index (Phi) is 26.8. The van der Waals surface area contributed by atoms with Crippen LogP contribution in [0.3, 0.4) is 0 Å². The molecule has 0 aromatic rings. The van der Waals surface area contributed by atoms with Crippen LogP contribution in [0.4, 0.5) is 0 Å². The summed E-state index contributed by atoms with van der Waals surface area (Å²) in [5, 5.41) is 23.7. The van der Waals surface area contributed by atoms with Crippen LogP contribution < -0.4 is 0 Å². The lowest BCUT2D eigenvalue weighted by molar-refractivity contribution is -0.266. The smallest absolute Gasteiger partial charge is 0.329 e. The summed E-state index contributed by atoms with van der Waals surface area (Å²) in [6.07, 6.45) is 13.3. The van der Waals surface area contributed by atoms with Gasteiger partial charge in [0.2, 0.25) is 5.79 Å². The third-order valence-corrected chi connectivity index (χ3v) is 16.8. The number of hydrogen-bond acceptors (Lipinski definition) is 16. The summed E-state index contributed by atoms with van der Waals surface area (Å²) in [6.45, 7) is 18.5. The third-order valence-electron chi connectivity index (χ3n) is 16.8. The van der Waals surface area contributed by atoms with Gasteiger partial charge in [0.05, 0.1) is 50.8 Å². The van der Waals surface area contributed by atoms with Gasteiger partial charge in [-0.1, -0.05) is 71.1 Å². The minimum absolute atomic E-state index is 0.00415. The van der Waals surface area contributed by atoms with Crippen molar-refractivity contribution in [1.82, 2.24) is 9.80 Å². The average Bonchev–Trinajstić information content (AvgIpc) is 3.43. The zero-order valence-corrected chi connectivity index (χ0v) is 48.2. The van der Waals surface area contributed by atoms with Crippen molar-refractivity contribution in [2.75, 3.05) is 80.5 Å². The Hall–Kier alpha value is -3.49. The number of morpholine rings is 1. The van der Waals surface area contributed by atoms with Crippen LogP contribution in [0.1, 0.15) is 132 Å². The van der Waals surface area contributed by atoms with Crippen LogP contribution in [0.15, 0.2) is 47.6 Å². The van der Waals surface area contributed by atoms with E-state index in [-0.39, 0.29) is 73.9 Å². The molecule has 17 nitrogen and oxygen atoms in total. The molecule has 5 rings (SSSR count). The Morgan fingerprint density at radius 1 is 0.805 bits per heavy atom. The molecule has 5 aliphatic rings. The second-order valence-electron chi connectivity index (χ2n) is 22.9. The van der Waals surface area contributed by atoms with Crippen LogP contribution in [0, 0.1) is 35.5 Å². The first kappa shape index (κ1) is 64.3. The van der Waals surface area contributed by atoms with E-state index in [0.717, 1.165) is 64.1 Å². The van der Waals surface area contributed by atoms with Gasteiger partial charge in [-0.05, 0) is 113 Å². The number of aliphatic hydroxyl groups is 2. The normalized spacial score (nSPS) is 35.2. The summed E-state index contributed by atoms with van der Waals surface area (Å²) in [5.41, 5.74) is 1.26. The molecule has 4 fully saturated rings. The number of carbonyl (C=O) groups is 5. The molecule has 2 N–H and O–H groups in total. The molecule has 0 spiro atoms. The van der Waals surface area contributed by atoms with E-state index in [2.05, 4.69) is 4.90 Å². The lowest BCUT2D eigenvalue weighted by atomic mass is 9.78. The van der Waals surface area contributed by atoms with Crippen molar-refractivity contribution < 1.29 is 72.1 Å². The molecule has 77 heavy (non-hydrogen) atoms. The Morgan fingerprint density at radius 3 is 2.27 bits per heavy atom. The van der Waals surface area contributed by atoms with Crippen LogP contribution >= 0.6 is 0 Å². The highest BCUT2D eigenvalue weighted by molar-refractivity contribution is 6.39. The molecule has 15 atom stereocenters. The van der Waals surface area contributed by atoms with Gasteiger partial charge in [0, 0.05) is 84.7 Å². The number of allylic oxidation sites excluding steroid dienone is 6. The van der Waals surface area contributed by atoms with E-state index in [0.29, 0.717) is 57.3 Å². The maximum atomic E-state index is 14.7. The Morgan fingerprint density at radius 2 is 1.56 bits per heavy atom. The topological polar surface area (TPSA) is 206 Å². The van der Waals surface area contributed by atoms with Gasteiger partial charge in [-0.2, -0.15) is 0 Å². The monoisotopic (exact) mass is 1080 g/mol. The van der Waals surface area contributed by atoms with E-state index in [9.17, 15) is 34.2 Å². The third kappa shape index (κ3) is 18.8. The van der Waals surface area contributed by atoms with Crippen molar-refractivity contribution in [1.29, 1.82) is 0 Å². The molecule has 0 radical (unpaired) electrons. The summed E-state index contributed by atoms with van der Waals surface area (Å²) < 4.78 is 47.7. The first-order chi connectivity index (χ1) is 36.8. The minimum Gasteiger partial charge on any atom is -0.460 e. The van der Waals surface area contributed by atoms with Gasteiger partial charge in [0.15, 0.2) is 5.78 Å². The summed E-state index contributed by atoms with van der Waals surface area (Å²) >= 11 is 0. The van der Waals surface area contributed by atoms with E-state index < -0.39 is 77.8 Å². The molecule has 1 aliphatic carbocycles. The molecule has 1 amide bonds. The molecule has 4 heterocycles. The number of ketones is 3. The maximum Gasteiger partial charge on any atom is 0.329 e. The van der Waals surface area contributed by atoms with Crippen molar-refractivity contribution in [2.45, 2.75) is 186 Å². The fourth-order valence-corrected chi connectivity index (χ4v) is 11.8. The van der Waals surface area contributed by atoms with Gasteiger partial charge in [-0.25, -0.2) is 4.79 Å². The van der Waals surface area contributed by atoms with Crippen molar-refractivity contribution in [3.63, 3.8) is 0 Å². The molecule has 2 bridgehead atoms. The van der Waals surface area contributed by atoms with Crippen LogP contribution in [-0.4, -0.2) is 184 Å². The summed E-state index contributed by atoms with van der Waals surface area (Å²) in [7, 11) is 4.68. The number of amides is 1. The highest BCUT2D eigenvalue weighted by atomic mass is 16.6. The number of rotatable bonds is 14. The summed E-state index contributed by atoms with van der Waals surface area (Å²) in [4.78, 5) is 75.5. The second-order valence-corrected chi connectivity index (χ2v) is 22.9. The zero-order valence-electron chi connectivity index (χ0n) is 48.2. The van der Waals surface area contributed by atoms with Crippen molar-refractivity contribution >= 4 is 29.2 Å². The Balaban J connectivity index is 1.42. The van der Waals surface area contributed by atoms with Crippen LogP contribution in [0.5, 0.6) is 0 Å². The largest absolute Gasteiger partial charge is 0.460 e. The van der Waals surface area contributed by atoms with Crippen molar-refractivity contribution in [3.8, 4) is 0 Å². The lowest BCUT2D eigenvalue weighted by Crippen LogP contribution is -2.61. The number of methoxy groups -OCH3 is 3. The summed E-state index contributed by atoms with van der Waals surface area (Å²) in [5.74, 6) is -7.92. The molecule has 436 valence electrons. The van der Waals surface area contributed by atoms with Gasteiger partial charge in [-0.15, -0.1) is 0 Å². The molecule has 1 saturated carbocycles. The lowest BCUT2D eigenvalue weighted by Gasteiger charge is -2.43. The molecule has 0 aromatic heterocycles. The fraction of sp³-hybridized carbons (Fsp3) is 0.783. The minimum atomic E-state index is -2.46. The van der Waals surface area contributed by atoms with Crippen LogP contribution in [0.25, 0.3) is 0 Å². The SMILES string of the molecule is COCCO[C@H]1C[C@@H]2CC[C@@H](C)[C@@](O)(O2)C(=O)C(=O)N2CCCC[C@H]2C(=O)O[C@H]([C@H](C)C[C@@H]2CC[C@@H](OCCCN3CCOCC3)[C@H](OC)C2)CC(=O)[C@H](C)C=C(C)[C@@H](O)[C@@H](OC)C(=O)[C@H](C)C[C@H](C)C=CC=CC=C1C. The maximum absolute atomic E-state index is 14.7. The quantitative estimate of drug-likeness (QED) is 0.0782. The second kappa shape index (κ2) is 32.1. The molecule has 17 heteroatoms. The number of nitrogens with zero attached hydrogens (tertiary/aromatic N) is 2. The molecule has 0 aromatic carbocycles. The number of cyclic esters (lactones) is 1. The van der Waals surface area contributed by atoms with E-state index in [1.807, 2.05) is 58.1 Å². The molecule has 4 aliphatic heterocycles. The van der Waals surface area contributed by atoms with Gasteiger partial charge >= 0.3 is 5.97 Å². The highest BCUT2D eigenvalue weighted by Crippen LogP contribution is 2.38. The molecule has 0 unspecified atom stereocenters. The molecular weight excluding hydrogens is 989 g/mol. The number of esters is 1. The van der Waals surface area contributed by atoms with Crippen LogP contribution in [-0.2, 0) is 61.9 Å². The van der Waals surface area contributed by atoms with Crippen molar-refractivity contribution in [2.24, 2.45) is 35.5 Å². The number of hydrogen-bond donors (Lipinski definition) is 2. The number of carbonyl (C=O) groups excluding carboxylic acids is 5. The number of ether oxygens (including phenoxy) is 8. The van der Waals surface area contributed by atoms with Gasteiger partial charge < -0.3 is 53.0 Å². The highest BCUT2D eigenvalue weighted by Gasteiger charge is 2.53. The predicted molar refractivity (Wildman–Crippen MR) is 292 cm³/mol. The average molecular weight is 1090 g/mol. The van der Waals surface area contributed by atoms with E-state index in [4.69, 9.17) is 37.9 Å². The van der Waals surface area contributed by atoms with Crippen molar-refractivity contribution in [3.05, 3.63) is 47.6 Å². The van der Waals surface area contributed by atoms with Gasteiger partial charge in [0.25, 0.3) is 11.7 Å². The predicted octanol–water partition coefficient (Wildman–Crippen LogP) is 6.94. The van der Waals surface area contributed by atoms with E-state index >= 15 is 0 Å². The van der Waals surface area contributed by atoms with E-state index in [1.54, 1.807) is 41.1 Å². The first-order valence-electron chi connectivity index (χ1n) is 28.8. The molecule has 3 saturated heterocycles. The van der Waals surface area contributed by atoms with E-state index in [1.165, 1.54) is 12.0 Å². The molecular formula is C60H96N2O15. The first-order valence-corrected chi connectivity index (χ1v) is 28.8. The number of piperidine rings is 1. The Bertz CT molecular complexity index is 2020. The summed E-state index contributed by atoms with van der Waals surface area (Å²) in [6, 6.07) is -1.15. The number of Topliss-reactive ketones (excluding diaryl/α,β-unsaturated/α-hetero) is 3. The van der Waals surface area contributed by atoms with Crippen LogP contribution in [0.2, 0.25) is 0 Å².